The van der Waals surface area contributed by atoms with Crippen molar-refractivity contribution in [3.63, 3.8) is 0 Å². The van der Waals surface area contributed by atoms with Crippen molar-refractivity contribution in [3.05, 3.63) is 0 Å². The van der Waals surface area contributed by atoms with Crippen LogP contribution in [0, 0.1) is 0 Å². The summed E-state index contributed by atoms with van der Waals surface area (Å²) in [6.45, 7) is 11.1. The van der Waals surface area contributed by atoms with E-state index in [2.05, 4.69) is 23.6 Å². The summed E-state index contributed by atoms with van der Waals surface area (Å²) in [5.41, 5.74) is 0. The first-order valence-corrected chi connectivity index (χ1v) is 10.8. The van der Waals surface area contributed by atoms with E-state index in [1.165, 1.54) is 123 Å². The Kier molecular flexibility index (Phi) is 14.1. The molecule has 1 saturated heterocycles. The summed E-state index contributed by atoms with van der Waals surface area (Å²) >= 11 is 0. The first-order chi connectivity index (χ1) is 11.4. The van der Waals surface area contributed by atoms with Gasteiger partial charge in [-0.15, -0.1) is 0 Å². The zero-order valence-corrected chi connectivity index (χ0v) is 16.3. The third-order valence-corrected chi connectivity index (χ3v) is 5.29. The molecule has 0 aromatic carbocycles. The maximum absolute atomic E-state index is 2.67. The molecule has 1 heterocycles. The molecule has 0 aromatic heterocycles. The van der Waals surface area contributed by atoms with E-state index in [9.17, 15) is 0 Å². The molecule has 0 unspecified atom stereocenters. The van der Waals surface area contributed by atoms with Gasteiger partial charge in [0.25, 0.3) is 0 Å². The predicted molar refractivity (Wildman–Crippen MR) is 104 cm³/mol. The molecule has 0 N–H and O–H groups in total. The lowest BCUT2D eigenvalue weighted by molar-refractivity contribution is 0.238. The zero-order chi connectivity index (χ0) is 16.6. The van der Waals surface area contributed by atoms with Crippen molar-refractivity contribution in [1.29, 1.82) is 0 Å². The first kappa shape index (κ1) is 21.0. The van der Waals surface area contributed by atoms with Crippen LogP contribution in [0.4, 0.5) is 0 Å². The monoisotopic (exact) mass is 324 g/mol. The van der Waals surface area contributed by atoms with Gasteiger partial charge in [-0.1, -0.05) is 90.9 Å². The summed E-state index contributed by atoms with van der Waals surface area (Å²) in [6, 6.07) is 0. The van der Waals surface area contributed by atoms with Crippen molar-refractivity contribution >= 4 is 0 Å². The molecular formula is C21H44N2. The van der Waals surface area contributed by atoms with Gasteiger partial charge in [-0.25, -0.2) is 0 Å². The van der Waals surface area contributed by atoms with Crippen molar-refractivity contribution in [2.75, 3.05) is 32.8 Å². The van der Waals surface area contributed by atoms with E-state index in [0.717, 1.165) is 0 Å². The maximum atomic E-state index is 2.67. The summed E-state index contributed by atoms with van der Waals surface area (Å²) in [4.78, 5) is 5.35. The second-order valence-electron chi connectivity index (χ2n) is 7.62. The highest BCUT2D eigenvalue weighted by Gasteiger charge is 2.18. The fraction of sp³-hybridized carbons (Fsp3) is 1.00. The number of nitrogens with zero attached hydrogens (tertiary/aromatic N) is 2. The highest BCUT2D eigenvalue weighted by atomic mass is 15.4. The van der Waals surface area contributed by atoms with Gasteiger partial charge in [-0.2, -0.15) is 0 Å². The van der Waals surface area contributed by atoms with Gasteiger partial charge in [-0.05, 0) is 25.9 Å². The minimum Gasteiger partial charge on any atom is -0.289 e. The molecule has 2 heteroatoms. The van der Waals surface area contributed by atoms with Gasteiger partial charge in [0.15, 0.2) is 0 Å². The smallest absolute Gasteiger partial charge is 0.0507 e. The third kappa shape index (κ3) is 12.0. The summed E-state index contributed by atoms with van der Waals surface area (Å²) < 4.78 is 0. The largest absolute Gasteiger partial charge is 0.289 e. The SMILES string of the molecule is CCCCCCCCCN1CCN(CCCCCCCCC)C1. The van der Waals surface area contributed by atoms with E-state index in [1.807, 2.05) is 0 Å². The lowest BCUT2D eigenvalue weighted by Gasteiger charge is -2.18. The highest BCUT2D eigenvalue weighted by molar-refractivity contribution is 4.71. The molecule has 0 bridgehead atoms. The van der Waals surface area contributed by atoms with E-state index in [1.54, 1.807) is 0 Å². The summed E-state index contributed by atoms with van der Waals surface area (Å²) in [6.07, 6.45) is 20.0. The topological polar surface area (TPSA) is 6.48 Å². The molecule has 0 amide bonds. The molecule has 0 atom stereocenters. The van der Waals surface area contributed by atoms with Gasteiger partial charge in [0.1, 0.15) is 0 Å². The Bertz CT molecular complexity index is 218. The second kappa shape index (κ2) is 15.4. The third-order valence-electron chi connectivity index (χ3n) is 5.29. The van der Waals surface area contributed by atoms with E-state index >= 15 is 0 Å². The van der Waals surface area contributed by atoms with Crippen LogP contribution >= 0.6 is 0 Å². The predicted octanol–water partition coefficient (Wildman–Crippen LogP) is 6.06. The molecule has 1 rings (SSSR count). The molecule has 1 aliphatic heterocycles. The summed E-state index contributed by atoms with van der Waals surface area (Å²) in [5.74, 6) is 0. The first-order valence-electron chi connectivity index (χ1n) is 10.8. The molecule has 2 nitrogen and oxygen atoms in total. The van der Waals surface area contributed by atoms with Crippen LogP contribution in [-0.4, -0.2) is 42.6 Å². The number of unbranched alkanes of at least 4 members (excludes halogenated alkanes) is 12. The van der Waals surface area contributed by atoms with Crippen LogP contribution in [0.2, 0.25) is 0 Å². The summed E-state index contributed by atoms with van der Waals surface area (Å²) in [5, 5.41) is 0. The fourth-order valence-corrected chi connectivity index (χ4v) is 3.66. The van der Waals surface area contributed by atoms with Crippen LogP contribution < -0.4 is 0 Å². The van der Waals surface area contributed by atoms with E-state index in [0.29, 0.717) is 0 Å². The standard InChI is InChI=1S/C21H44N2/c1-3-5-7-9-11-13-15-17-22-19-20-23(21-22)18-16-14-12-10-8-6-4-2/h3-21H2,1-2H3. The Balaban J connectivity index is 1.85. The molecule has 23 heavy (non-hydrogen) atoms. The van der Waals surface area contributed by atoms with Crippen molar-refractivity contribution in [1.82, 2.24) is 9.80 Å². The molecule has 0 aromatic rings. The number of hydrogen-bond donors (Lipinski definition) is 0. The van der Waals surface area contributed by atoms with Crippen molar-refractivity contribution < 1.29 is 0 Å². The Hall–Kier alpha value is -0.0800. The minimum absolute atomic E-state index is 1.24. The minimum atomic E-state index is 1.24. The van der Waals surface area contributed by atoms with Gasteiger partial charge >= 0.3 is 0 Å². The van der Waals surface area contributed by atoms with E-state index < -0.39 is 0 Å². The van der Waals surface area contributed by atoms with Gasteiger partial charge in [0.2, 0.25) is 0 Å². The van der Waals surface area contributed by atoms with E-state index in [-0.39, 0.29) is 0 Å². The van der Waals surface area contributed by atoms with Gasteiger partial charge in [-0.3, -0.25) is 9.80 Å². The average molecular weight is 325 g/mol. The lowest BCUT2D eigenvalue weighted by atomic mass is 10.1. The summed E-state index contributed by atoms with van der Waals surface area (Å²) in [7, 11) is 0. The van der Waals surface area contributed by atoms with Crippen LogP contribution in [0.25, 0.3) is 0 Å². The fourth-order valence-electron chi connectivity index (χ4n) is 3.66. The van der Waals surface area contributed by atoms with Gasteiger partial charge in [0.05, 0.1) is 6.67 Å². The van der Waals surface area contributed by atoms with Crippen molar-refractivity contribution in [3.8, 4) is 0 Å². The van der Waals surface area contributed by atoms with Gasteiger partial charge < -0.3 is 0 Å². The van der Waals surface area contributed by atoms with E-state index in [4.69, 9.17) is 0 Å². The zero-order valence-electron chi connectivity index (χ0n) is 16.3. The molecule has 0 saturated carbocycles. The quantitative estimate of drug-likeness (QED) is 0.318. The molecule has 0 radical (unpaired) electrons. The van der Waals surface area contributed by atoms with Crippen LogP contribution in [0.5, 0.6) is 0 Å². The normalized spacial score (nSPS) is 16.4. The van der Waals surface area contributed by atoms with Gasteiger partial charge in [0, 0.05) is 13.1 Å². The average Bonchev–Trinajstić information content (AvgIpc) is 3.01. The highest BCUT2D eigenvalue weighted by Crippen LogP contribution is 2.12. The van der Waals surface area contributed by atoms with Crippen molar-refractivity contribution in [2.45, 2.75) is 104 Å². The Morgan fingerprint density at radius 3 is 1.22 bits per heavy atom. The lowest BCUT2D eigenvalue weighted by Crippen LogP contribution is -2.27. The number of rotatable bonds is 16. The van der Waals surface area contributed by atoms with Crippen LogP contribution in [0.1, 0.15) is 104 Å². The molecule has 0 aliphatic carbocycles. The van der Waals surface area contributed by atoms with Crippen LogP contribution in [-0.2, 0) is 0 Å². The molecule has 138 valence electrons. The molecule has 0 spiro atoms. The second-order valence-corrected chi connectivity index (χ2v) is 7.62. The van der Waals surface area contributed by atoms with Crippen LogP contribution in [0.3, 0.4) is 0 Å². The maximum Gasteiger partial charge on any atom is 0.0507 e. The Morgan fingerprint density at radius 2 is 0.826 bits per heavy atom. The Labute approximate surface area is 147 Å². The van der Waals surface area contributed by atoms with Crippen LogP contribution in [0.15, 0.2) is 0 Å². The van der Waals surface area contributed by atoms with Crippen molar-refractivity contribution in [2.24, 2.45) is 0 Å². The Morgan fingerprint density at radius 1 is 0.478 bits per heavy atom. The number of hydrogen-bond acceptors (Lipinski definition) is 2. The molecular weight excluding hydrogens is 280 g/mol. The molecule has 1 aliphatic rings. The molecule has 1 fully saturated rings.